The Bertz CT molecular complexity index is 1060. The van der Waals surface area contributed by atoms with Gasteiger partial charge < -0.3 is 5.32 Å². The van der Waals surface area contributed by atoms with Crippen LogP contribution in [0.2, 0.25) is 0 Å². The van der Waals surface area contributed by atoms with E-state index in [1.54, 1.807) is 35.6 Å². The van der Waals surface area contributed by atoms with Crippen molar-refractivity contribution in [1.82, 2.24) is 5.32 Å². The molecular weight excluding hydrogens is 448 g/mol. The van der Waals surface area contributed by atoms with E-state index in [2.05, 4.69) is 26.0 Å². The predicted molar refractivity (Wildman–Crippen MR) is 112 cm³/mol. The Balaban J connectivity index is 1.79. The number of nitrogens with one attached hydrogen (secondary N) is 2. The number of carbonyl (C=O) groups is 1. The Morgan fingerprint density at radius 1 is 1.11 bits per heavy atom. The van der Waals surface area contributed by atoms with E-state index in [1.807, 2.05) is 30.5 Å². The fourth-order valence-corrected chi connectivity index (χ4v) is 4.65. The number of rotatable bonds is 6. The van der Waals surface area contributed by atoms with Crippen LogP contribution in [-0.2, 0) is 16.6 Å². The van der Waals surface area contributed by atoms with Gasteiger partial charge in [0.1, 0.15) is 0 Å². The summed E-state index contributed by atoms with van der Waals surface area (Å²) in [6, 6.07) is 15.2. The molecule has 0 spiro atoms. The second-order valence-electron chi connectivity index (χ2n) is 5.88. The van der Waals surface area contributed by atoms with Crippen molar-refractivity contribution in [3.8, 4) is 0 Å². The lowest BCUT2D eigenvalue weighted by Crippen LogP contribution is -2.23. The van der Waals surface area contributed by atoms with Crippen LogP contribution < -0.4 is 10.0 Å². The van der Waals surface area contributed by atoms with Gasteiger partial charge in [0.15, 0.2) is 0 Å². The lowest BCUT2D eigenvalue weighted by Gasteiger charge is -2.11. The average Bonchev–Trinajstić information content (AvgIpc) is 3.16. The van der Waals surface area contributed by atoms with Gasteiger partial charge in [-0.3, -0.25) is 9.52 Å². The number of hydrogen-bond donors (Lipinski definition) is 2. The SMILES string of the molecule is Cc1ccc(Br)c(NS(=O)(=O)c2cccc(C(=O)NCc3cccs3)c2)c1. The molecule has 27 heavy (non-hydrogen) atoms. The third-order valence-corrected chi connectivity index (χ3v) is 6.71. The first-order valence-electron chi connectivity index (χ1n) is 8.05. The predicted octanol–water partition coefficient (Wildman–Crippen LogP) is 4.55. The molecule has 0 aliphatic rings. The molecule has 0 unspecified atom stereocenters. The van der Waals surface area contributed by atoms with Crippen LogP contribution in [0, 0.1) is 6.92 Å². The fourth-order valence-electron chi connectivity index (χ4n) is 2.41. The van der Waals surface area contributed by atoms with E-state index in [1.165, 1.54) is 12.1 Å². The van der Waals surface area contributed by atoms with E-state index in [9.17, 15) is 13.2 Å². The normalized spacial score (nSPS) is 11.2. The molecule has 0 saturated heterocycles. The molecule has 0 aliphatic heterocycles. The first-order valence-corrected chi connectivity index (χ1v) is 11.2. The molecule has 0 atom stereocenters. The molecule has 0 radical (unpaired) electrons. The number of halogens is 1. The van der Waals surface area contributed by atoms with Crippen LogP contribution in [-0.4, -0.2) is 14.3 Å². The highest BCUT2D eigenvalue weighted by Crippen LogP contribution is 2.26. The minimum atomic E-state index is -3.82. The molecule has 2 N–H and O–H groups in total. The van der Waals surface area contributed by atoms with Crippen LogP contribution >= 0.6 is 27.3 Å². The molecule has 5 nitrogen and oxygen atoms in total. The number of aryl methyl sites for hydroxylation is 1. The first kappa shape index (κ1) is 19.6. The molecule has 3 rings (SSSR count). The molecule has 1 aromatic heterocycles. The van der Waals surface area contributed by atoms with Gasteiger partial charge in [-0.2, -0.15) is 0 Å². The van der Waals surface area contributed by atoms with Crippen molar-refractivity contribution >= 4 is 48.9 Å². The summed E-state index contributed by atoms with van der Waals surface area (Å²) in [5.41, 5.74) is 1.66. The van der Waals surface area contributed by atoms with Crippen molar-refractivity contribution in [2.24, 2.45) is 0 Å². The highest BCUT2D eigenvalue weighted by Gasteiger charge is 2.18. The summed E-state index contributed by atoms with van der Waals surface area (Å²) in [5.74, 6) is -0.322. The molecule has 8 heteroatoms. The number of thiophene rings is 1. The second-order valence-corrected chi connectivity index (χ2v) is 9.45. The topological polar surface area (TPSA) is 75.3 Å². The lowest BCUT2D eigenvalue weighted by molar-refractivity contribution is 0.0951. The second kappa shape index (κ2) is 8.24. The van der Waals surface area contributed by atoms with E-state index in [4.69, 9.17) is 0 Å². The van der Waals surface area contributed by atoms with Crippen LogP contribution in [0.1, 0.15) is 20.8 Å². The third-order valence-electron chi connectivity index (χ3n) is 3.78. The van der Waals surface area contributed by atoms with Gasteiger partial charge in [0.2, 0.25) is 0 Å². The Kier molecular flexibility index (Phi) is 5.98. The summed E-state index contributed by atoms with van der Waals surface area (Å²) >= 11 is 4.89. The van der Waals surface area contributed by atoms with Gasteiger partial charge in [-0.1, -0.05) is 18.2 Å². The molecular formula is C19H17BrN2O3S2. The first-order chi connectivity index (χ1) is 12.8. The summed E-state index contributed by atoms with van der Waals surface area (Å²) in [5, 5.41) is 4.73. The minimum Gasteiger partial charge on any atom is -0.347 e. The number of anilines is 1. The van der Waals surface area contributed by atoms with Gasteiger partial charge >= 0.3 is 0 Å². The van der Waals surface area contributed by atoms with Gasteiger partial charge in [-0.25, -0.2) is 8.42 Å². The molecule has 2 aromatic carbocycles. The lowest BCUT2D eigenvalue weighted by atomic mass is 10.2. The highest BCUT2D eigenvalue weighted by atomic mass is 79.9. The monoisotopic (exact) mass is 464 g/mol. The smallest absolute Gasteiger partial charge is 0.261 e. The molecule has 1 heterocycles. The average molecular weight is 465 g/mol. The summed E-state index contributed by atoms with van der Waals surface area (Å²) < 4.78 is 28.6. The van der Waals surface area contributed by atoms with Gasteiger partial charge in [0, 0.05) is 14.9 Å². The van der Waals surface area contributed by atoms with Gasteiger partial charge in [0.05, 0.1) is 17.1 Å². The van der Waals surface area contributed by atoms with Crippen molar-refractivity contribution in [2.45, 2.75) is 18.4 Å². The Morgan fingerprint density at radius 3 is 2.67 bits per heavy atom. The minimum absolute atomic E-state index is 0.0275. The maximum Gasteiger partial charge on any atom is 0.261 e. The van der Waals surface area contributed by atoms with Crippen LogP contribution in [0.4, 0.5) is 5.69 Å². The molecule has 0 fully saturated rings. The number of sulfonamides is 1. The van der Waals surface area contributed by atoms with Crippen molar-refractivity contribution < 1.29 is 13.2 Å². The molecule has 0 saturated carbocycles. The Labute approximate surface area is 170 Å². The van der Waals surface area contributed by atoms with E-state index >= 15 is 0 Å². The Morgan fingerprint density at radius 2 is 1.93 bits per heavy atom. The zero-order chi connectivity index (χ0) is 19.4. The summed E-state index contributed by atoms with van der Waals surface area (Å²) in [7, 11) is -3.82. The number of benzene rings is 2. The van der Waals surface area contributed by atoms with Crippen molar-refractivity contribution in [3.63, 3.8) is 0 Å². The molecule has 0 aliphatic carbocycles. The third kappa shape index (κ3) is 4.97. The van der Waals surface area contributed by atoms with Gasteiger partial charge in [0.25, 0.3) is 15.9 Å². The molecule has 0 bridgehead atoms. The summed E-state index contributed by atoms with van der Waals surface area (Å²) in [6.45, 7) is 2.28. The number of carbonyl (C=O) groups excluding carboxylic acids is 1. The zero-order valence-electron chi connectivity index (χ0n) is 14.4. The summed E-state index contributed by atoms with van der Waals surface area (Å²) in [6.07, 6.45) is 0. The maximum absolute atomic E-state index is 12.7. The highest BCUT2D eigenvalue weighted by molar-refractivity contribution is 9.10. The van der Waals surface area contributed by atoms with Crippen molar-refractivity contribution in [1.29, 1.82) is 0 Å². The van der Waals surface area contributed by atoms with E-state index in [0.717, 1.165) is 10.4 Å². The van der Waals surface area contributed by atoms with Crippen LogP contribution in [0.15, 0.2) is 69.3 Å². The Hall–Kier alpha value is -2.16. The molecule has 1 amide bonds. The van der Waals surface area contributed by atoms with Gasteiger partial charge in [-0.15, -0.1) is 11.3 Å². The van der Waals surface area contributed by atoms with Crippen molar-refractivity contribution in [3.05, 3.63) is 80.5 Å². The number of amides is 1. The molecule has 140 valence electrons. The molecule has 3 aromatic rings. The largest absolute Gasteiger partial charge is 0.347 e. The van der Waals surface area contributed by atoms with E-state index in [0.29, 0.717) is 16.7 Å². The fraction of sp³-hybridized carbons (Fsp3) is 0.105. The van der Waals surface area contributed by atoms with Gasteiger partial charge in [-0.05, 0) is 70.2 Å². The number of hydrogen-bond acceptors (Lipinski definition) is 4. The van der Waals surface area contributed by atoms with E-state index < -0.39 is 10.0 Å². The zero-order valence-corrected chi connectivity index (χ0v) is 17.6. The summed E-state index contributed by atoms with van der Waals surface area (Å²) in [4.78, 5) is 13.4. The quantitative estimate of drug-likeness (QED) is 0.561. The maximum atomic E-state index is 12.7. The van der Waals surface area contributed by atoms with Crippen LogP contribution in [0.3, 0.4) is 0 Å². The van der Waals surface area contributed by atoms with Crippen molar-refractivity contribution in [2.75, 3.05) is 4.72 Å². The van der Waals surface area contributed by atoms with Crippen LogP contribution in [0.5, 0.6) is 0 Å². The van der Waals surface area contributed by atoms with E-state index in [-0.39, 0.29) is 16.4 Å². The standard InChI is InChI=1S/C19H17BrN2O3S2/c1-13-7-8-17(20)18(10-13)22-27(24,25)16-6-2-4-14(11-16)19(23)21-12-15-5-3-9-26-15/h2-11,22H,12H2,1H3,(H,21,23). The van der Waals surface area contributed by atoms with Crippen LogP contribution in [0.25, 0.3) is 0 Å².